The molecule has 1 amide bonds. The highest BCUT2D eigenvalue weighted by Gasteiger charge is 2.42. The van der Waals surface area contributed by atoms with E-state index in [9.17, 15) is 19.7 Å². The van der Waals surface area contributed by atoms with Crippen LogP contribution in [0.25, 0.3) is 43.7 Å². The van der Waals surface area contributed by atoms with Gasteiger partial charge in [-0.1, -0.05) is 30.3 Å². The number of nitrogens with zero attached hydrogens (tertiary/aromatic N) is 8. The van der Waals surface area contributed by atoms with Crippen molar-refractivity contribution in [2.45, 2.75) is 50.7 Å². The fourth-order valence-corrected chi connectivity index (χ4v) is 7.80. The smallest absolute Gasteiger partial charge is 0.246 e. The van der Waals surface area contributed by atoms with Crippen molar-refractivity contribution in [3.8, 4) is 23.3 Å². The predicted molar refractivity (Wildman–Crippen MR) is 191 cm³/mol. The second-order valence-electron chi connectivity index (χ2n) is 13.9. The van der Waals surface area contributed by atoms with Gasteiger partial charge in [0.15, 0.2) is 5.82 Å². The molecule has 4 heterocycles. The summed E-state index contributed by atoms with van der Waals surface area (Å²) in [6.45, 7) is 5.10. The van der Waals surface area contributed by atoms with Crippen LogP contribution >= 0.6 is 0 Å². The Morgan fingerprint density at radius 1 is 1.16 bits per heavy atom. The summed E-state index contributed by atoms with van der Waals surface area (Å²) in [5.74, 6) is -0.127. The molecule has 3 aromatic carbocycles. The largest absolute Gasteiger partial charge is 0.352 e. The second-order valence-corrected chi connectivity index (χ2v) is 13.9. The molecule has 9 nitrogen and oxygen atoms in total. The molecule has 0 N–H and O–H groups in total. The summed E-state index contributed by atoms with van der Waals surface area (Å²) in [7, 11) is 4.10. The molecule has 2 saturated heterocycles. The van der Waals surface area contributed by atoms with Gasteiger partial charge in [-0.25, -0.2) is 13.8 Å². The molecule has 50 heavy (non-hydrogen) atoms. The van der Waals surface area contributed by atoms with Crippen LogP contribution in [0.1, 0.15) is 43.4 Å². The van der Waals surface area contributed by atoms with E-state index in [2.05, 4.69) is 43.0 Å². The van der Waals surface area contributed by atoms with Gasteiger partial charge in [-0.3, -0.25) is 9.48 Å². The number of aromatic nitrogens is 3. The Morgan fingerprint density at radius 2 is 1.92 bits per heavy atom. The number of allylic oxidation sites excluding steroid dienone is 1. The van der Waals surface area contributed by atoms with Crippen LogP contribution in [0.2, 0.25) is 0 Å². The van der Waals surface area contributed by atoms with E-state index >= 15 is 4.39 Å². The third kappa shape index (κ3) is 5.33. The van der Waals surface area contributed by atoms with Gasteiger partial charge >= 0.3 is 0 Å². The van der Waals surface area contributed by atoms with Crippen molar-refractivity contribution < 1.29 is 13.6 Å². The number of rotatable bonds is 7. The number of amides is 1. The van der Waals surface area contributed by atoms with Gasteiger partial charge in [0, 0.05) is 48.1 Å². The first-order valence-corrected chi connectivity index (χ1v) is 16.8. The number of piperidine rings is 1. The standard InChI is InChI=1S/C39H38F2N8O/c1-24-18-30-36(35(41)33(24)29-11-6-9-25-8-5-10-26(20-43)34(25)29)45-38(47-22-39(2,23-47)46(3)4)31-21-44-49(37(30)31)28-14-17-48(27(19-28)13-16-42)32(50)12-7-15-40/h5-12,18,21,27-28H,13-15,17,19,22-23H2,1-4H3/b12-7+/t27-,28+/m1/s1. The van der Waals surface area contributed by atoms with Gasteiger partial charge in [0.25, 0.3) is 0 Å². The van der Waals surface area contributed by atoms with Crippen molar-refractivity contribution in [2.75, 3.05) is 45.3 Å². The van der Waals surface area contributed by atoms with E-state index in [4.69, 9.17) is 10.1 Å². The van der Waals surface area contributed by atoms with Crippen molar-refractivity contribution >= 4 is 44.3 Å². The van der Waals surface area contributed by atoms with E-state index in [-0.39, 0.29) is 35.5 Å². The Labute approximate surface area is 289 Å². The Kier molecular flexibility index (Phi) is 8.49. The molecule has 2 aromatic heterocycles. The van der Waals surface area contributed by atoms with Crippen LogP contribution in [0, 0.1) is 35.4 Å². The topological polar surface area (TPSA) is 105 Å². The fourth-order valence-electron chi connectivity index (χ4n) is 7.80. The van der Waals surface area contributed by atoms with Gasteiger partial charge in [-0.2, -0.15) is 15.6 Å². The molecule has 11 heteroatoms. The first-order chi connectivity index (χ1) is 24.1. The number of nitriles is 2. The zero-order chi connectivity index (χ0) is 35.3. The number of carbonyl (C=O) groups excluding carboxylic acids is 1. The number of alkyl halides is 1. The highest BCUT2D eigenvalue weighted by molar-refractivity contribution is 6.11. The molecule has 0 spiro atoms. The van der Waals surface area contributed by atoms with Crippen LogP contribution in [0.3, 0.4) is 0 Å². The monoisotopic (exact) mass is 672 g/mol. The SMILES string of the molecule is Cc1cc2c(nc(N3CC(C)(N(C)C)C3)c3cnn([C@H]4CCN(C(=O)/C=C/CF)[C@H](CC#N)C4)c32)c(F)c1-c1cccc2cccc(C#N)c12. The first-order valence-electron chi connectivity index (χ1n) is 16.8. The molecule has 7 rings (SSSR count). The number of likely N-dealkylation sites (N-methyl/N-ethyl adjacent to an activating group) is 1. The lowest BCUT2D eigenvalue weighted by atomic mass is 9.89. The summed E-state index contributed by atoms with van der Waals surface area (Å²) in [4.78, 5) is 23.9. The molecule has 0 aliphatic carbocycles. The zero-order valence-corrected chi connectivity index (χ0v) is 28.6. The van der Waals surface area contributed by atoms with Gasteiger partial charge < -0.3 is 14.7 Å². The minimum Gasteiger partial charge on any atom is -0.352 e. The predicted octanol–water partition coefficient (Wildman–Crippen LogP) is 6.84. The lowest BCUT2D eigenvalue weighted by Gasteiger charge is -2.52. The van der Waals surface area contributed by atoms with E-state index in [1.165, 1.54) is 12.2 Å². The Morgan fingerprint density at radius 3 is 2.62 bits per heavy atom. The molecular weight excluding hydrogens is 634 g/mol. The van der Waals surface area contributed by atoms with E-state index < -0.39 is 12.5 Å². The summed E-state index contributed by atoms with van der Waals surface area (Å²) in [6, 6.07) is 17.1. The molecule has 2 fully saturated rings. The molecule has 2 aliphatic rings. The maximum atomic E-state index is 17.3. The number of hydrogen-bond acceptors (Lipinski definition) is 7. The Balaban J connectivity index is 1.42. The maximum Gasteiger partial charge on any atom is 0.246 e. The van der Waals surface area contributed by atoms with E-state index in [0.717, 1.165) is 16.3 Å². The van der Waals surface area contributed by atoms with Crippen LogP contribution in [0.15, 0.2) is 60.8 Å². The second kappa shape index (κ2) is 12.8. The molecule has 0 bridgehead atoms. The average Bonchev–Trinajstić information content (AvgIpc) is 3.55. The lowest BCUT2D eigenvalue weighted by Crippen LogP contribution is -2.67. The van der Waals surface area contributed by atoms with Crippen LogP contribution in [-0.2, 0) is 4.79 Å². The number of hydrogen-bond donors (Lipinski definition) is 0. The molecule has 0 radical (unpaired) electrons. The minimum atomic E-state index is -0.740. The van der Waals surface area contributed by atoms with Gasteiger partial charge in [-0.05, 0) is 75.5 Å². The number of fused-ring (bicyclic) bond motifs is 4. The van der Waals surface area contributed by atoms with Gasteiger partial charge in [0.2, 0.25) is 5.91 Å². The quantitative estimate of drug-likeness (QED) is 0.175. The molecule has 0 saturated carbocycles. The highest BCUT2D eigenvalue weighted by atomic mass is 19.1. The van der Waals surface area contributed by atoms with Crippen molar-refractivity contribution in [1.29, 1.82) is 10.5 Å². The van der Waals surface area contributed by atoms with Crippen LogP contribution in [0.5, 0.6) is 0 Å². The van der Waals surface area contributed by atoms with Gasteiger partial charge in [-0.15, -0.1) is 0 Å². The summed E-state index contributed by atoms with van der Waals surface area (Å²) in [5.41, 5.74) is 3.11. The van der Waals surface area contributed by atoms with Crippen molar-refractivity contribution in [3.63, 3.8) is 0 Å². The summed E-state index contributed by atoms with van der Waals surface area (Å²) in [5, 5.41) is 27.5. The Bertz CT molecular complexity index is 2270. The highest BCUT2D eigenvalue weighted by Crippen LogP contribution is 2.43. The van der Waals surface area contributed by atoms with E-state index in [1.807, 2.05) is 48.0 Å². The average molecular weight is 673 g/mol. The molecule has 2 atom stereocenters. The van der Waals surface area contributed by atoms with Crippen LogP contribution in [-0.4, -0.2) is 82.5 Å². The van der Waals surface area contributed by atoms with E-state index in [0.29, 0.717) is 71.3 Å². The van der Waals surface area contributed by atoms with Crippen molar-refractivity contribution in [1.82, 2.24) is 24.6 Å². The van der Waals surface area contributed by atoms with Crippen LogP contribution in [0.4, 0.5) is 14.6 Å². The summed E-state index contributed by atoms with van der Waals surface area (Å²) < 4.78 is 32.1. The third-order valence-corrected chi connectivity index (χ3v) is 10.7. The number of anilines is 1. The van der Waals surface area contributed by atoms with Gasteiger partial charge in [0.1, 0.15) is 18.0 Å². The molecule has 254 valence electrons. The van der Waals surface area contributed by atoms with Crippen molar-refractivity contribution in [3.05, 3.63) is 77.8 Å². The first kappa shape index (κ1) is 33.1. The maximum absolute atomic E-state index is 17.3. The van der Waals surface area contributed by atoms with Crippen molar-refractivity contribution in [2.24, 2.45) is 0 Å². The van der Waals surface area contributed by atoms with E-state index in [1.54, 1.807) is 17.2 Å². The molecular formula is C39H38F2N8O. The number of halogens is 2. The minimum absolute atomic E-state index is 0.0763. The van der Waals surface area contributed by atoms with Crippen LogP contribution < -0.4 is 4.90 Å². The number of aryl methyl sites for hydroxylation is 1. The summed E-state index contributed by atoms with van der Waals surface area (Å²) >= 11 is 0. The zero-order valence-electron chi connectivity index (χ0n) is 28.6. The number of benzene rings is 3. The third-order valence-electron chi connectivity index (χ3n) is 10.7. The Hall–Kier alpha value is -5.39. The number of likely N-dealkylation sites (tertiary alicyclic amines) is 1. The normalized spacial score (nSPS) is 19.0. The molecule has 0 unspecified atom stereocenters. The fraction of sp³-hybridized carbons (Fsp3) is 0.359. The molecule has 2 aliphatic heterocycles. The molecule has 5 aromatic rings. The van der Waals surface area contributed by atoms with Gasteiger partial charge in [0.05, 0.1) is 52.8 Å². The number of carbonyl (C=O) groups is 1. The number of pyridine rings is 1. The lowest BCUT2D eigenvalue weighted by molar-refractivity contribution is -0.130. The summed E-state index contributed by atoms with van der Waals surface area (Å²) in [6.07, 6.45) is 5.36.